The Kier molecular flexibility index (Phi) is 8.45. The number of nitrogens with zero attached hydrogens (tertiary/aromatic N) is 1. The molecular weight excluding hydrogens is 354 g/mol. The van der Waals surface area contributed by atoms with E-state index < -0.39 is 8.32 Å². The molecule has 0 fully saturated rings. The van der Waals surface area contributed by atoms with Crippen LogP contribution >= 0.6 is 0 Å². The highest BCUT2D eigenvalue weighted by Gasteiger charge is 2.27. The highest BCUT2D eigenvalue weighted by Crippen LogP contribution is 2.32. The highest BCUT2D eigenvalue weighted by atomic mass is 28.4. The van der Waals surface area contributed by atoms with Crippen LogP contribution in [0.2, 0.25) is 19.6 Å². The number of carbonyl (C=O) groups excluding carboxylic acids is 1. The summed E-state index contributed by atoms with van der Waals surface area (Å²) >= 11 is 0. The molecule has 0 bridgehead atoms. The van der Waals surface area contributed by atoms with Crippen molar-refractivity contribution in [1.82, 2.24) is 4.98 Å². The molecule has 1 aromatic carbocycles. The van der Waals surface area contributed by atoms with E-state index in [0.717, 1.165) is 24.7 Å². The van der Waals surface area contributed by atoms with Gasteiger partial charge < -0.3 is 8.84 Å². The van der Waals surface area contributed by atoms with Crippen LogP contribution in [0.25, 0.3) is 11.3 Å². The van der Waals surface area contributed by atoms with Gasteiger partial charge in [-0.3, -0.25) is 4.79 Å². The van der Waals surface area contributed by atoms with Gasteiger partial charge in [0.25, 0.3) is 0 Å². The molecule has 148 valence electrons. The standard InChI is InChI=1S/C22H33NO3Si/c1-5-6-7-8-9-13-16-20(26-27(2,3)4)22-23-19(17-24)21(25-22)18-14-11-10-12-15-18/h10-12,14-15,17,20H,5-9,13,16H2,1-4H3. The molecule has 0 spiro atoms. The predicted molar refractivity (Wildman–Crippen MR) is 112 cm³/mol. The summed E-state index contributed by atoms with van der Waals surface area (Å²) < 4.78 is 12.4. The Bertz CT molecular complexity index is 691. The molecule has 0 aliphatic rings. The van der Waals surface area contributed by atoms with E-state index in [0.29, 0.717) is 17.3 Å². The lowest BCUT2D eigenvalue weighted by molar-refractivity contribution is 0.111. The Labute approximate surface area is 164 Å². The van der Waals surface area contributed by atoms with Crippen molar-refractivity contribution < 1.29 is 13.6 Å². The fourth-order valence-corrected chi connectivity index (χ4v) is 4.20. The van der Waals surface area contributed by atoms with E-state index in [1.165, 1.54) is 32.1 Å². The van der Waals surface area contributed by atoms with E-state index in [1.807, 2.05) is 30.3 Å². The van der Waals surface area contributed by atoms with Gasteiger partial charge in [0.2, 0.25) is 5.89 Å². The van der Waals surface area contributed by atoms with Gasteiger partial charge in [-0.05, 0) is 26.1 Å². The number of carbonyl (C=O) groups is 1. The molecule has 5 heteroatoms. The van der Waals surface area contributed by atoms with Crippen LogP contribution in [0.3, 0.4) is 0 Å². The minimum absolute atomic E-state index is 0.181. The molecule has 1 aromatic heterocycles. The van der Waals surface area contributed by atoms with Gasteiger partial charge in [0.1, 0.15) is 11.8 Å². The molecule has 1 atom stereocenters. The summed E-state index contributed by atoms with van der Waals surface area (Å²) in [6.07, 6.45) is 8.85. The largest absolute Gasteiger partial charge is 0.437 e. The Morgan fingerprint density at radius 2 is 1.74 bits per heavy atom. The summed E-state index contributed by atoms with van der Waals surface area (Å²) in [5.41, 5.74) is 1.22. The molecule has 0 radical (unpaired) electrons. The van der Waals surface area contributed by atoms with Gasteiger partial charge in [-0.25, -0.2) is 4.98 Å². The number of hydrogen-bond donors (Lipinski definition) is 0. The first kappa shape index (κ1) is 21.6. The average Bonchev–Trinajstić information content (AvgIpc) is 3.08. The van der Waals surface area contributed by atoms with Crippen molar-refractivity contribution in [3.8, 4) is 11.3 Å². The molecule has 27 heavy (non-hydrogen) atoms. The van der Waals surface area contributed by atoms with E-state index in [9.17, 15) is 4.79 Å². The second kappa shape index (κ2) is 10.6. The van der Waals surface area contributed by atoms with Crippen molar-refractivity contribution in [1.29, 1.82) is 0 Å². The normalized spacial score (nSPS) is 12.9. The fraction of sp³-hybridized carbons (Fsp3) is 0.545. The summed E-state index contributed by atoms with van der Waals surface area (Å²) in [7, 11) is -1.77. The summed E-state index contributed by atoms with van der Waals surface area (Å²) in [5, 5.41) is 0. The van der Waals surface area contributed by atoms with Gasteiger partial charge in [0.15, 0.2) is 20.4 Å². The summed E-state index contributed by atoms with van der Waals surface area (Å²) in [5.74, 6) is 1.07. The zero-order valence-corrected chi connectivity index (χ0v) is 18.2. The van der Waals surface area contributed by atoms with Crippen molar-refractivity contribution in [2.45, 2.75) is 77.6 Å². The molecule has 4 nitrogen and oxygen atoms in total. The molecule has 0 aliphatic heterocycles. The van der Waals surface area contributed by atoms with E-state index in [4.69, 9.17) is 8.84 Å². The number of aldehydes is 1. The smallest absolute Gasteiger partial charge is 0.223 e. The van der Waals surface area contributed by atoms with Crippen molar-refractivity contribution in [2.75, 3.05) is 0 Å². The van der Waals surface area contributed by atoms with E-state index in [-0.39, 0.29) is 6.10 Å². The van der Waals surface area contributed by atoms with Crippen molar-refractivity contribution in [3.63, 3.8) is 0 Å². The van der Waals surface area contributed by atoms with Crippen LogP contribution in [-0.2, 0) is 4.43 Å². The predicted octanol–water partition coefficient (Wildman–Crippen LogP) is 6.80. The van der Waals surface area contributed by atoms with Gasteiger partial charge in [-0.2, -0.15) is 0 Å². The van der Waals surface area contributed by atoms with Crippen LogP contribution < -0.4 is 0 Å². The Morgan fingerprint density at radius 3 is 2.37 bits per heavy atom. The molecule has 0 aliphatic carbocycles. The lowest BCUT2D eigenvalue weighted by Crippen LogP contribution is -2.28. The van der Waals surface area contributed by atoms with Crippen LogP contribution in [0.4, 0.5) is 0 Å². The average molecular weight is 388 g/mol. The first-order chi connectivity index (χ1) is 12.9. The zero-order valence-electron chi connectivity index (χ0n) is 17.2. The highest BCUT2D eigenvalue weighted by molar-refractivity contribution is 6.69. The monoisotopic (exact) mass is 387 g/mol. The zero-order chi connectivity index (χ0) is 19.7. The number of unbranched alkanes of at least 4 members (excludes halogenated alkanes) is 5. The van der Waals surface area contributed by atoms with Crippen LogP contribution in [-0.4, -0.2) is 19.6 Å². The first-order valence-electron chi connectivity index (χ1n) is 10.1. The minimum atomic E-state index is -1.77. The van der Waals surface area contributed by atoms with Crippen molar-refractivity contribution in [3.05, 3.63) is 41.9 Å². The van der Waals surface area contributed by atoms with E-state index in [1.54, 1.807) is 0 Å². The van der Waals surface area contributed by atoms with Crippen molar-refractivity contribution in [2.24, 2.45) is 0 Å². The third-order valence-electron chi connectivity index (χ3n) is 4.41. The first-order valence-corrected chi connectivity index (χ1v) is 13.5. The van der Waals surface area contributed by atoms with Gasteiger partial charge >= 0.3 is 0 Å². The molecule has 1 heterocycles. The maximum absolute atomic E-state index is 11.5. The van der Waals surface area contributed by atoms with Gasteiger partial charge in [-0.1, -0.05) is 75.8 Å². The Balaban J connectivity index is 2.14. The van der Waals surface area contributed by atoms with Crippen LogP contribution in [0, 0.1) is 0 Å². The number of oxazole rings is 1. The van der Waals surface area contributed by atoms with Crippen LogP contribution in [0.5, 0.6) is 0 Å². The Morgan fingerprint density at radius 1 is 1.07 bits per heavy atom. The molecule has 2 rings (SSSR count). The van der Waals surface area contributed by atoms with Crippen molar-refractivity contribution >= 4 is 14.6 Å². The second-order valence-electron chi connectivity index (χ2n) is 8.03. The number of hydrogen-bond acceptors (Lipinski definition) is 4. The summed E-state index contributed by atoms with van der Waals surface area (Å²) in [4.78, 5) is 16.0. The maximum atomic E-state index is 11.5. The molecule has 0 saturated carbocycles. The van der Waals surface area contributed by atoms with E-state index in [2.05, 4.69) is 31.5 Å². The molecule has 1 unspecified atom stereocenters. The van der Waals surface area contributed by atoms with Gasteiger partial charge in [-0.15, -0.1) is 0 Å². The molecule has 2 aromatic rings. The molecule has 0 N–H and O–H groups in total. The SMILES string of the molecule is CCCCCCCCC(O[Si](C)(C)C)c1nc(C=O)c(-c2ccccc2)o1. The molecule has 0 saturated heterocycles. The summed E-state index contributed by atoms with van der Waals surface area (Å²) in [6.45, 7) is 8.74. The fourth-order valence-electron chi connectivity index (χ4n) is 3.13. The molecular formula is C22H33NO3Si. The maximum Gasteiger partial charge on any atom is 0.223 e. The third kappa shape index (κ3) is 7.07. The van der Waals surface area contributed by atoms with Crippen LogP contribution in [0.1, 0.15) is 74.4 Å². The lowest BCUT2D eigenvalue weighted by Gasteiger charge is -2.24. The van der Waals surface area contributed by atoms with Gasteiger partial charge in [0.05, 0.1) is 0 Å². The number of aromatic nitrogens is 1. The second-order valence-corrected chi connectivity index (χ2v) is 12.5. The Hall–Kier alpha value is -1.72. The summed E-state index contributed by atoms with van der Waals surface area (Å²) in [6, 6.07) is 9.66. The van der Waals surface area contributed by atoms with E-state index >= 15 is 0 Å². The quantitative estimate of drug-likeness (QED) is 0.228. The number of benzene rings is 1. The minimum Gasteiger partial charge on any atom is -0.437 e. The topological polar surface area (TPSA) is 52.3 Å². The number of rotatable bonds is 12. The lowest BCUT2D eigenvalue weighted by atomic mass is 10.1. The van der Waals surface area contributed by atoms with Gasteiger partial charge in [0, 0.05) is 5.56 Å². The third-order valence-corrected chi connectivity index (χ3v) is 5.40. The van der Waals surface area contributed by atoms with Crippen LogP contribution in [0.15, 0.2) is 34.7 Å². The molecule has 0 amide bonds.